The molecule has 15 heavy (non-hydrogen) atoms. The summed E-state index contributed by atoms with van der Waals surface area (Å²) in [6.45, 7) is 6.03. The molecular weight excluding hydrogens is 184 g/mol. The maximum atomic E-state index is 11.2. The number of benzene rings is 1. The van der Waals surface area contributed by atoms with Crippen LogP contribution in [0, 0.1) is 5.41 Å². The van der Waals surface area contributed by atoms with Gasteiger partial charge in [0.1, 0.15) is 5.78 Å². The van der Waals surface area contributed by atoms with Gasteiger partial charge >= 0.3 is 0 Å². The summed E-state index contributed by atoms with van der Waals surface area (Å²) in [6, 6.07) is 10.4. The molecule has 0 aliphatic carbocycles. The van der Waals surface area contributed by atoms with Crippen molar-refractivity contribution in [2.45, 2.75) is 40.0 Å². The Morgan fingerprint density at radius 3 is 2.33 bits per heavy atom. The highest BCUT2D eigenvalue weighted by Gasteiger charge is 2.24. The van der Waals surface area contributed by atoms with Gasteiger partial charge in [0.15, 0.2) is 0 Å². The fourth-order valence-corrected chi connectivity index (χ4v) is 2.00. The zero-order valence-electron chi connectivity index (χ0n) is 9.92. The number of Topliss-reactive ketones (excluding diaryl/α,β-unsaturated/α-hetero) is 1. The van der Waals surface area contributed by atoms with Gasteiger partial charge in [-0.25, -0.2) is 0 Å². The number of carbonyl (C=O) groups excluding carboxylic acids is 1. The van der Waals surface area contributed by atoms with E-state index in [1.807, 2.05) is 6.07 Å². The molecule has 82 valence electrons. The summed E-state index contributed by atoms with van der Waals surface area (Å²) in [6.07, 6.45) is 2.71. The minimum absolute atomic E-state index is 0.118. The Balaban J connectivity index is 2.72. The number of hydrogen-bond acceptors (Lipinski definition) is 1. The van der Waals surface area contributed by atoms with E-state index >= 15 is 0 Å². The van der Waals surface area contributed by atoms with Crippen molar-refractivity contribution in [1.29, 1.82) is 0 Å². The Hall–Kier alpha value is -1.11. The van der Waals surface area contributed by atoms with Gasteiger partial charge in [-0.3, -0.25) is 0 Å². The lowest BCUT2D eigenvalue weighted by Gasteiger charge is -2.27. The van der Waals surface area contributed by atoms with Crippen LogP contribution in [0.15, 0.2) is 30.3 Å². The molecule has 0 aliphatic rings. The van der Waals surface area contributed by atoms with Gasteiger partial charge in [0.05, 0.1) is 0 Å². The van der Waals surface area contributed by atoms with Crippen LogP contribution in [0.4, 0.5) is 0 Å². The first-order chi connectivity index (χ1) is 7.06. The van der Waals surface area contributed by atoms with Crippen molar-refractivity contribution in [3.05, 3.63) is 35.9 Å². The largest absolute Gasteiger partial charge is 0.300 e. The molecule has 1 nitrogen and oxygen atoms in total. The van der Waals surface area contributed by atoms with Crippen LogP contribution < -0.4 is 0 Å². The Labute approximate surface area is 92.5 Å². The molecule has 0 radical (unpaired) electrons. The standard InChI is InChI=1S/C14H20O/c1-4-14(3,10-12(2)15)11-13-8-6-5-7-9-13/h5-9H,4,10-11H2,1-3H3. The van der Waals surface area contributed by atoms with Crippen LogP contribution >= 0.6 is 0 Å². The van der Waals surface area contributed by atoms with Crippen molar-refractivity contribution >= 4 is 5.78 Å². The topological polar surface area (TPSA) is 17.1 Å². The van der Waals surface area contributed by atoms with Crippen molar-refractivity contribution in [2.75, 3.05) is 0 Å². The lowest BCUT2D eigenvalue weighted by Crippen LogP contribution is -2.21. The Kier molecular flexibility index (Phi) is 4.07. The van der Waals surface area contributed by atoms with Gasteiger partial charge in [-0.05, 0) is 30.7 Å². The van der Waals surface area contributed by atoms with E-state index in [2.05, 4.69) is 38.1 Å². The quantitative estimate of drug-likeness (QED) is 0.716. The molecule has 0 aliphatic heterocycles. The number of carbonyl (C=O) groups is 1. The van der Waals surface area contributed by atoms with E-state index in [1.54, 1.807) is 6.92 Å². The third-order valence-corrected chi connectivity index (χ3v) is 3.00. The molecule has 0 heterocycles. The molecule has 1 rings (SSSR count). The predicted octanol–water partition coefficient (Wildman–Crippen LogP) is 3.62. The lowest BCUT2D eigenvalue weighted by atomic mass is 9.77. The molecular formula is C14H20O. The molecule has 0 aromatic heterocycles. The fourth-order valence-electron chi connectivity index (χ4n) is 2.00. The van der Waals surface area contributed by atoms with E-state index in [0.29, 0.717) is 6.42 Å². The van der Waals surface area contributed by atoms with Crippen molar-refractivity contribution in [3.63, 3.8) is 0 Å². The van der Waals surface area contributed by atoms with E-state index in [9.17, 15) is 4.79 Å². The van der Waals surface area contributed by atoms with E-state index in [4.69, 9.17) is 0 Å². The van der Waals surface area contributed by atoms with Crippen molar-refractivity contribution in [3.8, 4) is 0 Å². The maximum Gasteiger partial charge on any atom is 0.130 e. The molecule has 0 bridgehead atoms. The van der Waals surface area contributed by atoms with Gasteiger partial charge in [-0.2, -0.15) is 0 Å². The van der Waals surface area contributed by atoms with Crippen LogP contribution in [0.2, 0.25) is 0 Å². The summed E-state index contributed by atoms with van der Waals surface area (Å²) in [7, 11) is 0. The summed E-state index contributed by atoms with van der Waals surface area (Å²) in [5, 5.41) is 0. The highest BCUT2D eigenvalue weighted by molar-refractivity contribution is 5.76. The minimum atomic E-state index is 0.118. The second-order valence-electron chi connectivity index (χ2n) is 4.71. The summed E-state index contributed by atoms with van der Waals surface area (Å²) in [5.41, 5.74) is 1.44. The highest BCUT2D eigenvalue weighted by Crippen LogP contribution is 2.30. The van der Waals surface area contributed by atoms with Gasteiger partial charge < -0.3 is 4.79 Å². The van der Waals surface area contributed by atoms with Crippen molar-refractivity contribution in [1.82, 2.24) is 0 Å². The first-order valence-electron chi connectivity index (χ1n) is 5.59. The Bertz CT molecular complexity index is 315. The maximum absolute atomic E-state index is 11.2. The molecule has 1 heteroatoms. The normalized spacial score (nSPS) is 14.6. The third-order valence-electron chi connectivity index (χ3n) is 3.00. The zero-order chi connectivity index (χ0) is 11.3. The smallest absolute Gasteiger partial charge is 0.130 e. The molecule has 1 atom stereocenters. The predicted molar refractivity (Wildman–Crippen MR) is 63.8 cm³/mol. The van der Waals surface area contributed by atoms with Crippen LogP contribution in [-0.4, -0.2) is 5.78 Å². The van der Waals surface area contributed by atoms with Crippen LogP contribution in [0.5, 0.6) is 0 Å². The molecule has 1 aromatic carbocycles. The van der Waals surface area contributed by atoms with Crippen molar-refractivity contribution in [2.24, 2.45) is 5.41 Å². The van der Waals surface area contributed by atoms with Gasteiger partial charge in [-0.15, -0.1) is 0 Å². The van der Waals surface area contributed by atoms with Crippen LogP contribution in [0.3, 0.4) is 0 Å². The van der Waals surface area contributed by atoms with Gasteiger partial charge in [-0.1, -0.05) is 44.2 Å². The van der Waals surface area contributed by atoms with Gasteiger partial charge in [0.25, 0.3) is 0 Å². The lowest BCUT2D eigenvalue weighted by molar-refractivity contribution is -0.119. The summed E-state index contributed by atoms with van der Waals surface area (Å²) >= 11 is 0. The van der Waals surface area contributed by atoms with Gasteiger partial charge in [0, 0.05) is 6.42 Å². The molecule has 0 fully saturated rings. The summed E-state index contributed by atoms with van der Waals surface area (Å²) in [5.74, 6) is 0.287. The highest BCUT2D eigenvalue weighted by atomic mass is 16.1. The van der Waals surface area contributed by atoms with Crippen LogP contribution in [-0.2, 0) is 11.2 Å². The molecule has 1 unspecified atom stereocenters. The third kappa shape index (κ3) is 3.86. The molecule has 0 saturated heterocycles. The summed E-state index contributed by atoms with van der Waals surface area (Å²) in [4.78, 5) is 11.2. The monoisotopic (exact) mass is 204 g/mol. The minimum Gasteiger partial charge on any atom is -0.300 e. The summed E-state index contributed by atoms with van der Waals surface area (Å²) < 4.78 is 0. The molecule has 0 amide bonds. The first-order valence-corrected chi connectivity index (χ1v) is 5.59. The Morgan fingerprint density at radius 1 is 1.27 bits per heavy atom. The van der Waals surface area contributed by atoms with Crippen LogP contribution in [0.1, 0.15) is 39.2 Å². The van der Waals surface area contributed by atoms with Crippen LogP contribution in [0.25, 0.3) is 0 Å². The number of hydrogen-bond donors (Lipinski definition) is 0. The molecule has 0 saturated carbocycles. The second kappa shape index (κ2) is 5.11. The average molecular weight is 204 g/mol. The van der Waals surface area contributed by atoms with E-state index in [0.717, 1.165) is 12.8 Å². The van der Waals surface area contributed by atoms with Gasteiger partial charge in [0.2, 0.25) is 0 Å². The number of ketones is 1. The SMILES string of the molecule is CCC(C)(CC(C)=O)Cc1ccccc1. The molecule has 0 N–H and O–H groups in total. The fraction of sp³-hybridized carbons (Fsp3) is 0.500. The molecule has 0 spiro atoms. The zero-order valence-corrected chi connectivity index (χ0v) is 9.92. The van der Waals surface area contributed by atoms with E-state index in [1.165, 1.54) is 5.56 Å². The Morgan fingerprint density at radius 2 is 1.87 bits per heavy atom. The molecule has 1 aromatic rings. The van der Waals surface area contributed by atoms with E-state index in [-0.39, 0.29) is 11.2 Å². The first kappa shape index (κ1) is 12.0. The van der Waals surface area contributed by atoms with Crippen molar-refractivity contribution < 1.29 is 4.79 Å². The van der Waals surface area contributed by atoms with E-state index < -0.39 is 0 Å². The second-order valence-corrected chi connectivity index (χ2v) is 4.71. The number of rotatable bonds is 5. The average Bonchev–Trinajstić information content (AvgIpc) is 2.18.